The third-order valence-electron chi connectivity index (χ3n) is 3.18. The molecule has 6 nitrogen and oxygen atoms in total. The van der Waals surface area contributed by atoms with Crippen LogP contribution in [0.15, 0.2) is 42.6 Å². The van der Waals surface area contributed by atoms with Crippen LogP contribution in [0, 0.1) is 10.1 Å². The number of hydrogen-bond donors (Lipinski definition) is 1. The van der Waals surface area contributed by atoms with Gasteiger partial charge in [0.15, 0.2) is 5.75 Å². The smallest absolute Gasteiger partial charge is 0.311 e. The monoisotopic (exact) mass is 287 g/mol. The Balaban J connectivity index is 2.07. The maximum absolute atomic E-state index is 11.0. The number of methoxy groups -OCH3 is 1. The number of hydrogen-bond acceptors (Lipinski definition) is 5. The Kier molecular flexibility index (Phi) is 4.84. The van der Waals surface area contributed by atoms with E-state index >= 15 is 0 Å². The van der Waals surface area contributed by atoms with E-state index in [1.807, 2.05) is 31.2 Å². The molecule has 1 unspecified atom stereocenters. The highest BCUT2D eigenvalue weighted by Crippen LogP contribution is 2.27. The van der Waals surface area contributed by atoms with Gasteiger partial charge in [-0.05, 0) is 30.7 Å². The largest absolute Gasteiger partial charge is 0.490 e. The van der Waals surface area contributed by atoms with Crippen molar-refractivity contribution in [2.45, 2.75) is 19.5 Å². The summed E-state index contributed by atoms with van der Waals surface area (Å²) in [6.07, 6.45) is 1.74. The molecule has 1 aromatic carbocycles. The first-order valence-electron chi connectivity index (χ1n) is 6.57. The summed E-state index contributed by atoms with van der Waals surface area (Å²) in [7, 11) is 1.42. The number of aromatic nitrogens is 1. The van der Waals surface area contributed by atoms with Crippen molar-refractivity contribution in [1.29, 1.82) is 0 Å². The molecule has 0 radical (unpaired) electrons. The van der Waals surface area contributed by atoms with Crippen LogP contribution in [0.3, 0.4) is 0 Å². The normalized spacial score (nSPS) is 11.9. The molecule has 0 bridgehead atoms. The lowest BCUT2D eigenvalue weighted by Gasteiger charge is -2.13. The van der Waals surface area contributed by atoms with E-state index < -0.39 is 4.92 Å². The van der Waals surface area contributed by atoms with Gasteiger partial charge in [0.05, 0.1) is 17.7 Å². The molecular weight excluding hydrogens is 270 g/mol. The number of ether oxygens (including phenoxy) is 1. The van der Waals surface area contributed by atoms with Crippen LogP contribution in [0.4, 0.5) is 5.69 Å². The van der Waals surface area contributed by atoms with Gasteiger partial charge >= 0.3 is 5.69 Å². The summed E-state index contributed by atoms with van der Waals surface area (Å²) in [5, 5.41) is 14.3. The Bertz CT molecular complexity index is 617. The summed E-state index contributed by atoms with van der Waals surface area (Å²) < 4.78 is 4.98. The lowest BCUT2D eigenvalue weighted by molar-refractivity contribution is -0.385. The second-order valence-electron chi connectivity index (χ2n) is 4.62. The average molecular weight is 287 g/mol. The van der Waals surface area contributed by atoms with Crippen LogP contribution in [0.1, 0.15) is 24.2 Å². The zero-order chi connectivity index (χ0) is 15.2. The first-order valence-corrected chi connectivity index (χ1v) is 6.57. The Hall–Kier alpha value is -2.47. The van der Waals surface area contributed by atoms with Gasteiger partial charge < -0.3 is 10.1 Å². The number of rotatable bonds is 6. The van der Waals surface area contributed by atoms with Gasteiger partial charge in [-0.15, -0.1) is 0 Å². The van der Waals surface area contributed by atoms with Gasteiger partial charge in [0, 0.05) is 24.8 Å². The second kappa shape index (κ2) is 6.81. The van der Waals surface area contributed by atoms with Crippen LogP contribution >= 0.6 is 0 Å². The van der Waals surface area contributed by atoms with Crippen LogP contribution in [0.2, 0.25) is 0 Å². The van der Waals surface area contributed by atoms with Crippen molar-refractivity contribution < 1.29 is 9.66 Å². The van der Waals surface area contributed by atoms with Crippen molar-refractivity contribution in [2.75, 3.05) is 7.11 Å². The fourth-order valence-electron chi connectivity index (χ4n) is 2.00. The van der Waals surface area contributed by atoms with Gasteiger partial charge in [-0.1, -0.05) is 12.1 Å². The van der Waals surface area contributed by atoms with E-state index in [1.54, 1.807) is 12.3 Å². The van der Waals surface area contributed by atoms with Crippen LogP contribution in [0.25, 0.3) is 0 Å². The summed E-state index contributed by atoms with van der Waals surface area (Å²) in [5.41, 5.74) is 1.73. The molecule has 0 fully saturated rings. The first-order chi connectivity index (χ1) is 10.1. The van der Waals surface area contributed by atoms with E-state index in [1.165, 1.54) is 13.2 Å². The van der Waals surface area contributed by atoms with E-state index in [-0.39, 0.29) is 17.5 Å². The Morgan fingerprint density at radius 3 is 2.81 bits per heavy atom. The van der Waals surface area contributed by atoms with Gasteiger partial charge in [0.2, 0.25) is 0 Å². The Morgan fingerprint density at radius 2 is 2.19 bits per heavy atom. The molecule has 1 atom stereocenters. The minimum Gasteiger partial charge on any atom is -0.490 e. The minimum atomic E-state index is -0.440. The fraction of sp³-hybridized carbons (Fsp3) is 0.267. The van der Waals surface area contributed by atoms with Gasteiger partial charge in [0.25, 0.3) is 0 Å². The number of nitro groups is 1. The molecule has 1 aromatic heterocycles. The van der Waals surface area contributed by atoms with Gasteiger partial charge in [0.1, 0.15) is 0 Å². The number of nitro benzene ring substituents is 1. The standard InChI is InChI=1S/C15H17N3O3/c1-11(13-5-3-4-8-16-13)17-10-12-6-7-15(21-2)14(9-12)18(19)20/h3-9,11,17H,10H2,1-2H3. The van der Waals surface area contributed by atoms with Crippen LogP contribution < -0.4 is 10.1 Å². The molecule has 21 heavy (non-hydrogen) atoms. The molecule has 0 amide bonds. The molecule has 2 aromatic rings. The van der Waals surface area contributed by atoms with Crippen molar-refractivity contribution in [1.82, 2.24) is 10.3 Å². The van der Waals surface area contributed by atoms with E-state index in [0.29, 0.717) is 6.54 Å². The quantitative estimate of drug-likeness (QED) is 0.653. The highest BCUT2D eigenvalue weighted by Gasteiger charge is 2.15. The van der Waals surface area contributed by atoms with Crippen LogP contribution in [0.5, 0.6) is 5.75 Å². The molecule has 1 N–H and O–H groups in total. The van der Waals surface area contributed by atoms with Crippen LogP contribution in [-0.4, -0.2) is 17.0 Å². The molecule has 0 spiro atoms. The average Bonchev–Trinajstić information content (AvgIpc) is 2.53. The second-order valence-corrected chi connectivity index (χ2v) is 4.62. The first kappa shape index (κ1) is 14.9. The summed E-state index contributed by atoms with van der Waals surface area (Å²) in [6, 6.07) is 10.7. The van der Waals surface area contributed by atoms with Crippen molar-refractivity contribution in [3.63, 3.8) is 0 Å². The summed E-state index contributed by atoms with van der Waals surface area (Å²) >= 11 is 0. The minimum absolute atomic E-state index is 0.0257. The zero-order valence-corrected chi connectivity index (χ0v) is 11.9. The highest BCUT2D eigenvalue weighted by atomic mass is 16.6. The third-order valence-corrected chi connectivity index (χ3v) is 3.18. The molecule has 1 heterocycles. The predicted octanol–water partition coefficient (Wildman–Crippen LogP) is 2.85. The Morgan fingerprint density at radius 1 is 1.38 bits per heavy atom. The van der Waals surface area contributed by atoms with E-state index in [2.05, 4.69) is 10.3 Å². The molecule has 0 saturated carbocycles. The van der Waals surface area contributed by atoms with Crippen molar-refractivity contribution >= 4 is 5.69 Å². The highest BCUT2D eigenvalue weighted by molar-refractivity contribution is 5.48. The lowest BCUT2D eigenvalue weighted by atomic mass is 10.1. The summed E-state index contributed by atoms with van der Waals surface area (Å²) in [4.78, 5) is 14.8. The SMILES string of the molecule is COc1ccc(CNC(C)c2ccccn2)cc1[N+](=O)[O-]. The van der Waals surface area contributed by atoms with Gasteiger partial charge in [-0.2, -0.15) is 0 Å². The predicted molar refractivity (Wildman–Crippen MR) is 79.1 cm³/mol. The molecule has 110 valence electrons. The molecule has 0 aliphatic heterocycles. The molecule has 0 aliphatic carbocycles. The zero-order valence-electron chi connectivity index (χ0n) is 11.9. The number of benzene rings is 1. The van der Waals surface area contributed by atoms with Crippen LogP contribution in [-0.2, 0) is 6.54 Å². The summed E-state index contributed by atoms with van der Waals surface area (Å²) in [5.74, 6) is 0.265. The van der Waals surface area contributed by atoms with E-state index in [4.69, 9.17) is 4.74 Å². The molecule has 0 aliphatic rings. The molecule has 0 saturated heterocycles. The lowest BCUT2D eigenvalue weighted by Crippen LogP contribution is -2.19. The third kappa shape index (κ3) is 3.76. The van der Waals surface area contributed by atoms with Crippen molar-refractivity contribution in [2.24, 2.45) is 0 Å². The fourth-order valence-corrected chi connectivity index (χ4v) is 2.00. The maximum atomic E-state index is 11.0. The number of nitrogens with one attached hydrogen (secondary N) is 1. The van der Waals surface area contributed by atoms with E-state index in [9.17, 15) is 10.1 Å². The summed E-state index contributed by atoms with van der Waals surface area (Å²) in [6.45, 7) is 2.52. The molecule has 2 rings (SSSR count). The van der Waals surface area contributed by atoms with Crippen molar-refractivity contribution in [3.8, 4) is 5.75 Å². The number of nitrogens with zero attached hydrogens (tertiary/aromatic N) is 2. The maximum Gasteiger partial charge on any atom is 0.311 e. The Labute approximate surface area is 122 Å². The topological polar surface area (TPSA) is 77.3 Å². The molecule has 6 heteroatoms. The van der Waals surface area contributed by atoms with Gasteiger partial charge in [-0.25, -0.2) is 0 Å². The van der Waals surface area contributed by atoms with E-state index in [0.717, 1.165) is 11.3 Å². The number of pyridine rings is 1. The van der Waals surface area contributed by atoms with Gasteiger partial charge in [-0.3, -0.25) is 15.1 Å². The molecular formula is C15H17N3O3. The van der Waals surface area contributed by atoms with Crippen molar-refractivity contribution in [3.05, 3.63) is 64.0 Å².